The summed E-state index contributed by atoms with van der Waals surface area (Å²) < 4.78 is 10.3. The van der Waals surface area contributed by atoms with Crippen LogP contribution < -0.4 is 10.1 Å². The Morgan fingerprint density at radius 1 is 1.32 bits per heavy atom. The van der Waals surface area contributed by atoms with E-state index in [0.29, 0.717) is 0 Å². The number of carbonyl (C=O) groups excluding carboxylic acids is 1. The average Bonchev–Trinajstić information content (AvgIpc) is 2.46. The molecule has 1 aromatic carbocycles. The SMILES string of the molecule is COC(=O)C1CCNCC1c1ccccc1OC.Cl. The standard InChI is InChI=1S/C14H19NO3.ClH/c1-17-13-6-4-3-5-10(13)12-9-15-8-7-11(12)14(16)18-2;/h3-6,11-12,15H,7-9H2,1-2H3;1H. The molecule has 1 saturated heterocycles. The lowest BCUT2D eigenvalue weighted by molar-refractivity contribution is -0.147. The first-order valence-electron chi connectivity index (χ1n) is 6.19. The van der Waals surface area contributed by atoms with E-state index in [1.165, 1.54) is 7.11 Å². The summed E-state index contributed by atoms with van der Waals surface area (Å²) in [7, 11) is 3.10. The van der Waals surface area contributed by atoms with Crippen molar-refractivity contribution in [2.75, 3.05) is 27.3 Å². The van der Waals surface area contributed by atoms with Crippen LogP contribution in [0.1, 0.15) is 17.9 Å². The fourth-order valence-corrected chi connectivity index (χ4v) is 2.59. The van der Waals surface area contributed by atoms with Gasteiger partial charge in [0, 0.05) is 12.5 Å². The third-order valence-electron chi connectivity index (χ3n) is 3.52. The van der Waals surface area contributed by atoms with E-state index in [1.54, 1.807) is 7.11 Å². The third-order valence-corrected chi connectivity index (χ3v) is 3.52. The molecule has 0 radical (unpaired) electrons. The first-order chi connectivity index (χ1) is 8.77. The Labute approximate surface area is 119 Å². The quantitative estimate of drug-likeness (QED) is 0.863. The number of halogens is 1. The minimum Gasteiger partial charge on any atom is -0.496 e. The Balaban J connectivity index is 0.00000180. The van der Waals surface area contributed by atoms with Crippen molar-refractivity contribution in [2.24, 2.45) is 5.92 Å². The molecule has 2 atom stereocenters. The molecule has 0 bridgehead atoms. The molecule has 5 heteroatoms. The van der Waals surface area contributed by atoms with Crippen LogP contribution in [-0.4, -0.2) is 33.3 Å². The van der Waals surface area contributed by atoms with Crippen LogP contribution in [0.2, 0.25) is 0 Å². The summed E-state index contributed by atoms with van der Waals surface area (Å²) in [4.78, 5) is 11.9. The molecule has 0 aliphatic carbocycles. The van der Waals surface area contributed by atoms with Crippen molar-refractivity contribution >= 4 is 18.4 Å². The Hall–Kier alpha value is -1.26. The zero-order valence-electron chi connectivity index (χ0n) is 11.2. The van der Waals surface area contributed by atoms with E-state index in [-0.39, 0.29) is 30.2 Å². The zero-order valence-corrected chi connectivity index (χ0v) is 12.0. The summed E-state index contributed by atoms with van der Waals surface area (Å²) in [5.41, 5.74) is 1.07. The molecule has 1 aliphatic rings. The number of hydrogen-bond donors (Lipinski definition) is 1. The lowest BCUT2D eigenvalue weighted by Gasteiger charge is -2.31. The van der Waals surface area contributed by atoms with Crippen LogP contribution >= 0.6 is 12.4 Å². The molecule has 1 N–H and O–H groups in total. The molecule has 106 valence electrons. The van der Waals surface area contributed by atoms with Crippen molar-refractivity contribution in [2.45, 2.75) is 12.3 Å². The monoisotopic (exact) mass is 285 g/mol. The van der Waals surface area contributed by atoms with Crippen LogP contribution in [-0.2, 0) is 9.53 Å². The van der Waals surface area contributed by atoms with E-state index in [1.807, 2.05) is 24.3 Å². The van der Waals surface area contributed by atoms with Gasteiger partial charge < -0.3 is 14.8 Å². The molecular weight excluding hydrogens is 266 g/mol. The number of benzene rings is 1. The van der Waals surface area contributed by atoms with E-state index < -0.39 is 0 Å². The second kappa shape index (κ2) is 7.36. The maximum atomic E-state index is 11.9. The van der Waals surface area contributed by atoms with Crippen LogP contribution in [0, 0.1) is 5.92 Å². The number of esters is 1. The lowest BCUT2D eigenvalue weighted by Crippen LogP contribution is -2.39. The molecule has 1 aliphatic heterocycles. The van der Waals surface area contributed by atoms with Gasteiger partial charge in [-0.3, -0.25) is 4.79 Å². The number of ether oxygens (including phenoxy) is 2. The molecule has 1 aromatic rings. The van der Waals surface area contributed by atoms with Gasteiger partial charge in [0.15, 0.2) is 0 Å². The maximum absolute atomic E-state index is 11.9. The fraction of sp³-hybridized carbons (Fsp3) is 0.500. The van der Waals surface area contributed by atoms with Gasteiger partial charge in [0.05, 0.1) is 20.1 Å². The molecule has 4 nitrogen and oxygen atoms in total. The number of hydrogen-bond acceptors (Lipinski definition) is 4. The summed E-state index contributed by atoms with van der Waals surface area (Å²) >= 11 is 0. The number of methoxy groups -OCH3 is 2. The van der Waals surface area contributed by atoms with Gasteiger partial charge in [0.25, 0.3) is 0 Å². The lowest BCUT2D eigenvalue weighted by atomic mass is 9.81. The van der Waals surface area contributed by atoms with Crippen LogP contribution in [0.5, 0.6) is 5.75 Å². The van der Waals surface area contributed by atoms with Gasteiger partial charge >= 0.3 is 5.97 Å². The van der Waals surface area contributed by atoms with Crippen molar-refractivity contribution in [1.29, 1.82) is 0 Å². The Morgan fingerprint density at radius 2 is 2.05 bits per heavy atom. The van der Waals surface area contributed by atoms with Crippen molar-refractivity contribution < 1.29 is 14.3 Å². The van der Waals surface area contributed by atoms with Gasteiger partial charge in [0.2, 0.25) is 0 Å². The summed E-state index contributed by atoms with van der Waals surface area (Å²) in [5, 5.41) is 3.33. The number of para-hydroxylation sites is 1. The summed E-state index contributed by atoms with van der Waals surface area (Å²) in [6.07, 6.45) is 0.801. The highest BCUT2D eigenvalue weighted by Gasteiger charge is 2.34. The zero-order chi connectivity index (χ0) is 13.0. The van der Waals surface area contributed by atoms with Crippen molar-refractivity contribution in [3.63, 3.8) is 0 Å². The van der Waals surface area contributed by atoms with Gasteiger partial charge in [0.1, 0.15) is 5.75 Å². The summed E-state index contributed by atoms with van der Waals surface area (Å²) in [5.74, 6) is 0.724. The largest absolute Gasteiger partial charge is 0.496 e. The number of nitrogens with one attached hydrogen (secondary N) is 1. The van der Waals surface area contributed by atoms with Crippen molar-refractivity contribution in [1.82, 2.24) is 5.32 Å². The van der Waals surface area contributed by atoms with E-state index in [2.05, 4.69) is 5.32 Å². The predicted molar refractivity (Wildman–Crippen MR) is 76.0 cm³/mol. The molecule has 1 heterocycles. The van der Waals surface area contributed by atoms with Gasteiger partial charge in [-0.1, -0.05) is 18.2 Å². The highest BCUT2D eigenvalue weighted by Crippen LogP contribution is 2.35. The van der Waals surface area contributed by atoms with Crippen LogP contribution in [0.15, 0.2) is 24.3 Å². The Morgan fingerprint density at radius 3 is 2.74 bits per heavy atom. The summed E-state index contributed by atoms with van der Waals surface area (Å²) in [6, 6.07) is 7.86. The first-order valence-corrected chi connectivity index (χ1v) is 6.19. The number of carbonyl (C=O) groups is 1. The molecule has 2 rings (SSSR count). The van der Waals surface area contributed by atoms with Crippen molar-refractivity contribution in [3.8, 4) is 5.75 Å². The molecule has 0 saturated carbocycles. The Bertz CT molecular complexity index is 425. The van der Waals surface area contributed by atoms with E-state index in [4.69, 9.17) is 9.47 Å². The van der Waals surface area contributed by atoms with Crippen LogP contribution in [0.25, 0.3) is 0 Å². The molecule has 2 unspecified atom stereocenters. The fourth-order valence-electron chi connectivity index (χ4n) is 2.59. The Kier molecular flexibility index (Phi) is 6.12. The third kappa shape index (κ3) is 3.39. The van der Waals surface area contributed by atoms with E-state index >= 15 is 0 Å². The van der Waals surface area contributed by atoms with Crippen LogP contribution in [0.4, 0.5) is 0 Å². The molecule has 0 aromatic heterocycles. The topological polar surface area (TPSA) is 47.6 Å². The van der Waals surface area contributed by atoms with Crippen molar-refractivity contribution in [3.05, 3.63) is 29.8 Å². The second-order valence-corrected chi connectivity index (χ2v) is 4.47. The summed E-state index contributed by atoms with van der Waals surface area (Å²) in [6.45, 7) is 1.63. The number of rotatable bonds is 3. The minimum atomic E-state index is -0.132. The van der Waals surface area contributed by atoms with Crippen LogP contribution in [0.3, 0.4) is 0 Å². The molecule has 1 fully saturated rings. The number of piperidine rings is 1. The smallest absolute Gasteiger partial charge is 0.309 e. The average molecular weight is 286 g/mol. The normalized spacial score (nSPS) is 22.2. The molecular formula is C14H20ClNO3. The van der Waals surface area contributed by atoms with Gasteiger partial charge in [-0.15, -0.1) is 12.4 Å². The molecule has 19 heavy (non-hydrogen) atoms. The molecule has 0 spiro atoms. The second-order valence-electron chi connectivity index (χ2n) is 4.47. The van der Waals surface area contributed by atoms with Gasteiger partial charge in [-0.25, -0.2) is 0 Å². The first kappa shape index (κ1) is 15.8. The maximum Gasteiger partial charge on any atom is 0.309 e. The van der Waals surface area contributed by atoms with E-state index in [9.17, 15) is 4.79 Å². The van der Waals surface area contributed by atoms with Gasteiger partial charge in [-0.05, 0) is 24.6 Å². The van der Waals surface area contributed by atoms with E-state index in [0.717, 1.165) is 30.8 Å². The van der Waals surface area contributed by atoms with Gasteiger partial charge in [-0.2, -0.15) is 0 Å². The minimum absolute atomic E-state index is 0. The highest BCUT2D eigenvalue weighted by molar-refractivity contribution is 5.85. The molecule has 0 amide bonds. The predicted octanol–water partition coefficient (Wildman–Crippen LogP) is 1.98. The highest BCUT2D eigenvalue weighted by atomic mass is 35.5.